The maximum absolute atomic E-state index is 13.5. The molecule has 0 aromatic heterocycles. The minimum atomic E-state index is -0.332. The molecule has 2 unspecified atom stereocenters. The van der Waals surface area contributed by atoms with Crippen molar-refractivity contribution >= 4 is 11.9 Å². The smallest absolute Gasteiger partial charge is 0.310 e. The summed E-state index contributed by atoms with van der Waals surface area (Å²) in [5.41, 5.74) is 1.10. The molecule has 4 nitrogen and oxygen atoms in total. The zero-order valence-corrected chi connectivity index (χ0v) is 18.0. The van der Waals surface area contributed by atoms with E-state index in [9.17, 15) is 9.59 Å². The van der Waals surface area contributed by atoms with Crippen LogP contribution >= 0.6 is 0 Å². The van der Waals surface area contributed by atoms with Crippen molar-refractivity contribution in [2.75, 3.05) is 13.7 Å². The average Bonchev–Trinajstić information content (AvgIpc) is 2.75. The Hall–Kier alpha value is -1.84. The summed E-state index contributed by atoms with van der Waals surface area (Å²) < 4.78 is 4.90. The molecule has 28 heavy (non-hydrogen) atoms. The average molecular weight is 388 g/mol. The van der Waals surface area contributed by atoms with Crippen LogP contribution in [0.5, 0.6) is 0 Å². The van der Waals surface area contributed by atoms with E-state index in [4.69, 9.17) is 4.74 Å². The SMILES string of the molecule is CCCCC1CCC(C(=O)N(CC(C)C(=O)OC)C(C)c2ccccc2)CC1. The first-order valence-corrected chi connectivity index (χ1v) is 10.9. The second kappa shape index (κ2) is 11.2. The maximum atomic E-state index is 13.5. The largest absolute Gasteiger partial charge is 0.469 e. The number of rotatable bonds is 9. The Balaban J connectivity index is 2.09. The van der Waals surface area contributed by atoms with Crippen molar-refractivity contribution in [1.82, 2.24) is 4.90 Å². The highest BCUT2D eigenvalue weighted by Gasteiger charge is 2.33. The number of hydrogen-bond acceptors (Lipinski definition) is 3. The number of benzene rings is 1. The molecule has 1 aromatic carbocycles. The van der Waals surface area contributed by atoms with E-state index in [1.165, 1.54) is 26.4 Å². The topological polar surface area (TPSA) is 46.6 Å². The zero-order chi connectivity index (χ0) is 20.5. The van der Waals surface area contributed by atoms with Gasteiger partial charge in [0.2, 0.25) is 5.91 Å². The molecule has 4 heteroatoms. The summed E-state index contributed by atoms with van der Waals surface area (Å²) in [5.74, 6) is 0.454. The predicted molar refractivity (Wildman–Crippen MR) is 113 cm³/mol. The van der Waals surface area contributed by atoms with Crippen molar-refractivity contribution < 1.29 is 14.3 Å². The zero-order valence-electron chi connectivity index (χ0n) is 18.0. The van der Waals surface area contributed by atoms with E-state index >= 15 is 0 Å². The molecule has 0 N–H and O–H groups in total. The van der Waals surface area contributed by atoms with E-state index in [1.54, 1.807) is 0 Å². The Kier molecular flexibility index (Phi) is 9.01. The number of amides is 1. The van der Waals surface area contributed by atoms with Gasteiger partial charge in [-0.25, -0.2) is 0 Å². The van der Waals surface area contributed by atoms with Gasteiger partial charge < -0.3 is 9.64 Å². The number of unbranched alkanes of at least 4 members (excludes halogenated alkanes) is 1. The molecule has 1 saturated carbocycles. The number of nitrogens with zero attached hydrogens (tertiary/aromatic N) is 1. The lowest BCUT2D eigenvalue weighted by atomic mass is 9.79. The lowest BCUT2D eigenvalue weighted by Crippen LogP contribution is -2.43. The standard InChI is InChI=1S/C24H37NO3/c1-5-6-10-20-13-15-22(16-14-20)23(26)25(17-18(2)24(27)28-4)19(3)21-11-8-7-9-12-21/h7-9,11-12,18-20,22H,5-6,10,13-17H2,1-4H3. The first kappa shape index (κ1) is 22.4. The van der Waals surface area contributed by atoms with Crippen molar-refractivity contribution in [1.29, 1.82) is 0 Å². The van der Waals surface area contributed by atoms with Crippen LogP contribution < -0.4 is 0 Å². The summed E-state index contributed by atoms with van der Waals surface area (Å²) in [5, 5.41) is 0. The number of hydrogen-bond donors (Lipinski definition) is 0. The number of methoxy groups -OCH3 is 1. The molecule has 1 aromatic rings. The second-order valence-electron chi connectivity index (χ2n) is 8.36. The Morgan fingerprint density at radius 2 is 1.75 bits per heavy atom. The fraction of sp³-hybridized carbons (Fsp3) is 0.667. The molecular formula is C24H37NO3. The van der Waals surface area contributed by atoms with E-state index in [0.29, 0.717) is 6.54 Å². The first-order valence-electron chi connectivity index (χ1n) is 10.9. The Bertz CT molecular complexity index is 608. The summed E-state index contributed by atoms with van der Waals surface area (Å²) in [6.07, 6.45) is 8.06. The molecule has 0 aliphatic heterocycles. The molecule has 1 aliphatic rings. The molecule has 1 aliphatic carbocycles. The molecule has 1 amide bonds. The number of carbonyl (C=O) groups excluding carboxylic acids is 2. The van der Waals surface area contributed by atoms with Crippen molar-refractivity contribution in [2.45, 2.75) is 71.8 Å². The normalized spacial score (nSPS) is 21.6. The van der Waals surface area contributed by atoms with Crippen LogP contribution in [0, 0.1) is 17.8 Å². The van der Waals surface area contributed by atoms with E-state index in [2.05, 4.69) is 26.0 Å². The van der Waals surface area contributed by atoms with Gasteiger partial charge in [-0.05, 0) is 44.1 Å². The van der Waals surface area contributed by atoms with Crippen LogP contribution in [0.3, 0.4) is 0 Å². The monoisotopic (exact) mass is 387 g/mol. The molecule has 2 rings (SSSR count). The van der Waals surface area contributed by atoms with Gasteiger partial charge >= 0.3 is 5.97 Å². The number of carbonyl (C=O) groups is 2. The van der Waals surface area contributed by atoms with Crippen molar-refractivity contribution in [2.24, 2.45) is 17.8 Å². The third-order valence-electron chi connectivity index (χ3n) is 6.27. The Morgan fingerprint density at radius 1 is 1.11 bits per heavy atom. The van der Waals surface area contributed by atoms with Gasteiger partial charge in [-0.1, -0.05) is 63.4 Å². The predicted octanol–water partition coefficient (Wildman–Crippen LogP) is 5.38. The molecule has 0 bridgehead atoms. The molecule has 0 radical (unpaired) electrons. The number of esters is 1. The van der Waals surface area contributed by atoms with E-state index in [-0.39, 0.29) is 29.8 Å². The summed E-state index contributed by atoms with van der Waals surface area (Å²) in [4.78, 5) is 27.4. The maximum Gasteiger partial charge on any atom is 0.310 e. The van der Waals surface area contributed by atoms with Crippen LogP contribution in [0.2, 0.25) is 0 Å². The van der Waals surface area contributed by atoms with Gasteiger partial charge in [0.15, 0.2) is 0 Å². The fourth-order valence-electron chi connectivity index (χ4n) is 4.35. The van der Waals surface area contributed by atoms with Crippen LogP contribution in [0.25, 0.3) is 0 Å². The van der Waals surface area contributed by atoms with Gasteiger partial charge in [0.25, 0.3) is 0 Å². The van der Waals surface area contributed by atoms with Crippen LogP contribution in [0.1, 0.15) is 77.3 Å². The third-order valence-corrected chi connectivity index (χ3v) is 6.27. The highest BCUT2D eigenvalue weighted by Crippen LogP contribution is 2.34. The Labute approximate surface area is 170 Å². The van der Waals surface area contributed by atoms with E-state index in [0.717, 1.165) is 37.2 Å². The second-order valence-corrected chi connectivity index (χ2v) is 8.36. The molecular weight excluding hydrogens is 350 g/mol. The highest BCUT2D eigenvalue weighted by atomic mass is 16.5. The molecule has 1 fully saturated rings. The third kappa shape index (κ3) is 6.08. The van der Waals surface area contributed by atoms with Gasteiger partial charge in [0, 0.05) is 12.5 Å². The van der Waals surface area contributed by atoms with Crippen LogP contribution in [-0.2, 0) is 14.3 Å². The van der Waals surface area contributed by atoms with Crippen molar-refractivity contribution in [3.63, 3.8) is 0 Å². The summed E-state index contributed by atoms with van der Waals surface area (Å²) in [6.45, 7) is 6.54. The van der Waals surface area contributed by atoms with Crippen molar-refractivity contribution in [3.8, 4) is 0 Å². The van der Waals surface area contributed by atoms with Gasteiger partial charge in [-0.3, -0.25) is 9.59 Å². The van der Waals surface area contributed by atoms with Crippen LogP contribution in [0.4, 0.5) is 0 Å². The van der Waals surface area contributed by atoms with E-state index < -0.39 is 0 Å². The lowest BCUT2D eigenvalue weighted by Gasteiger charge is -2.36. The number of ether oxygens (including phenoxy) is 1. The van der Waals surface area contributed by atoms with Gasteiger partial charge in [0.1, 0.15) is 0 Å². The van der Waals surface area contributed by atoms with Crippen LogP contribution in [-0.4, -0.2) is 30.4 Å². The van der Waals surface area contributed by atoms with Gasteiger partial charge in [0.05, 0.1) is 19.1 Å². The Morgan fingerprint density at radius 3 is 2.32 bits per heavy atom. The molecule has 0 spiro atoms. The molecule has 156 valence electrons. The molecule has 2 atom stereocenters. The summed E-state index contributed by atoms with van der Waals surface area (Å²) in [6, 6.07) is 10.0. The first-order chi connectivity index (χ1) is 13.5. The van der Waals surface area contributed by atoms with Gasteiger partial charge in [-0.2, -0.15) is 0 Å². The highest BCUT2D eigenvalue weighted by molar-refractivity contribution is 5.80. The van der Waals surface area contributed by atoms with Crippen molar-refractivity contribution in [3.05, 3.63) is 35.9 Å². The quantitative estimate of drug-likeness (QED) is 0.534. The lowest BCUT2D eigenvalue weighted by molar-refractivity contribution is -0.148. The minimum Gasteiger partial charge on any atom is -0.469 e. The fourth-order valence-corrected chi connectivity index (χ4v) is 4.35. The van der Waals surface area contributed by atoms with Crippen LogP contribution in [0.15, 0.2) is 30.3 Å². The van der Waals surface area contributed by atoms with Gasteiger partial charge in [-0.15, -0.1) is 0 Å². The minimum absolute atomic E-state index is 0.0568. The summed E-state index contributed by atoms with van der Waals surface area (Å²) >= 11 is 0. The molecule has 0 heterocycles. The molecule has 0 saturated heterocycles. The summed E-state index contributed by atoms with van der Waals surface area (Å²) in [7, 11) is 1.41. The van der Waals surface area contributed by atoms with E-state index in [1.807, 2.05) is 30.0 Å².